The van der Waals surface area contributed by atoms with Gasteiger partial charge in [0, 0.05) is 34.1 Å². The molecule has 6 aromatic carbocycles. The predicted octanol–water partition coefficient (Wildman–Crippen LogP) is 10.9. The molecule has 0 heterocycles. The monoisotopic (exact) mass is 576 g/mol. The van der Waals surface area contributed by atoms with Crippen molar-refractivity contribution in [2.24, 2.45) is 0 Å². The minimum Gasteiger partial charge on any atom is -0.497 e. The maximum Gasteiger partial charge on any atom is 0.119 e. The van der Waals surface area contributed by atoms with Crippen LogP contribution in [0.3, 0.4) is 0 Å². The molecule has 0 unspecified atom stereocenters. The van der Waals surface area contributed by atoms with Crippen molar-refractivity contribution in [1.82, 2.24) is 0 Å². The second-order valence-corrected chi connectivity index (χ2v) is 10.8. The summed E-state index contributed by atoms with van der Waals surface area (Å²) in [6.45, 7) is 4.24. The molecule has 0 aliphatic carbocycles. The zero-order chi connectivity index (χ0) is 30.5. The molecular formula is C40H36N2O2. The fourth-order valence-electron chi connectivity index (χ4n) is 5.35. The lowest BCUT2D eigenvalue weighted by Crippen LogP contribution is -2.10. The lowest BCUT2D eigenvalue weighted by Gasteiger charge is -2.26. The van der Waals surface area contributed by atoms with E-state index in [1.807, 2.05) is 24.3 Å². The number of methoxy groups -OCH3 is 2. The second kappa shape index (κ2) is 12.8. The highest BCUT2D eigenvalue weighted by molar-refractivity contribution is 5.81. The van der Waals surface area contributed by atoms with E-state index in [-0.39, 0.29) is 0 Å². The third-order valence-electron chi connectivity index (χ3n) is 7.83. The van der Waals surface area contributed by atoms with Gasteiger partial charge in [0.2, 0.25) is 0 Å². The standard InChI is InChI=1S/C40H36N2O2/c1-29-5-13-33(14-6-29)41(34-15-7-30(2)8-16-34)35-17-9-31(10-18-35)32-11-19-36(20-12-32)42(37-21-25-39(43-3)26-22-37)38-23-27-40(44-4)28-24-38/h5-28H,1-4H3. The molecule has 0 saturated heterocycles. The van der Waals surface area contributed by atoms with Crippen LogP contribution in [0.1, 0.15) is 11.1 Å². The van der Waals surface area contributed by atoms with Crippen LogP contribution < -0.4 is 19.3 Å². The summed E-state index contributed by atoms with van der Waals surface area (Å²) in [6.07, 6.45) is 0. The molecule has 4 nitrogen and oxygen atoms in total. The largest absolute Gasteiger partial charge is 0.497 e. The van der Waals surface area contributed by atoms with Gasteiger partial charge in [0.25, 0.3) is 0 Å². The molecule has 0 N–H and O–H groups in total. The van der Waals surface area contributed by atoms with Gasteiger partial charge in [0.05, 0.1) is 14.2 Å². The second-order valence-electron chi connectivity index (χ2n) is 10.8. The van der Waals surface area contributed by atoms with E-state index in [1.54, 1.807) is 14.2 Å². The van der Waals surface area contributed by atoms with Gasteiger partial charge in [-0.15, -0.1) is 0 Å². The number of ether oxygens (including phenoxy) is 2. The Kier molecular flexibility index (Phi) is 8.33. The molecular weight excluding hydrogens is 540 g/mol. The van der Waals surface area contributed by atoms with Gasteiger partial charge in [-0.1, -0.05) is 59.7 Å². The predicted molar refractivity (Wildman–Crippen MR) is 184 cm³/mol. The Balaban J connectivity index is 1.31. The van der Waals surface area contributed by atoms with Crippen molar-refractivity contribution < 1.29 is 9.47 Å². The third kappa shape index (κ3) is 6.16. The number of hydrogen-bond donors (Lipinski definition) is 0. The average molecular weight is 577 g/mol. The normalized spacial score (nSPS) is 10.7. The fraction of sp³-hybridized carbons (Fsp3) is 0.100. The van der Waals surface area contributed by atoms with E-state index < -0.39 is 0 Å². The van der Waals surface area contributed by atoms with Crippen LogP contribution in [0.4, 0.5) is 34.1 Å². The van der Waals surface area contributed by atoms with E-state index in [1.165, 1.54) is 11.1 Å². The molecule has 0 spiro atoms. The molecule has 4 heteroatoms. The van der Waals surface area contributed by atoms with Gasteiger partial charge in [-0.3, -0.25) is 0 Å². The van der Waals surface area contributed by atoms with Crippen molar-refractivity contribution in [3.05, 3.63) is 157 Å². The molecule has 0 saturated carbocycles. The number of rotatable bonds is 9. The number of hydrogen-bond acceptors (Lipinski definition) is 4. The molecule has 0 bridgehead atoms. The van der Waals surface area contributed by atoms with Crippen molar-refractivity contribution in [2.75, 3.05) is 24.0 Å². The Hall–Kier alpha value is -5.48. The summed E-state index contributed by atoms with van der Waals surface area (Å²) in [5.74, 6) is 1.65. The maximum atomic E-state index is 5.40. The highest BCUT2D eigenvalue weighted by atomic mass is 16.5. The number of nitrogens with zero attached hydrogens (tertiary/aromatic N) is 2. The van der Waals surface area contributed by atoms with Gasteiger partial charge >= 0.3 is 0 Å². The maximum absolute atomic E-state index is 5.40. The average Bonchev–Trinajstić information content (AvgIpc) is 3.08. The first-order valence-electron chi connectivity index (χ1n) is 14.7. The minimum atomic E-state index is 0.825. The first-order valence-corrected chi connectivity index (χ1v) is 14.7. The van der Waals surface area contributed by atoms with Crippen molar-refractivity contribution in [2.45, 2.75) is 13.8 Å². The topological polar surface area (TPSA) is 24.9 Å². The third-order valence-corrected chi connectivity index (χ3v) is 7.83. The summed E-state index contributed by atoms with van der Waals surface area (Å²) in [6, 6.07) is 51.1. The van der Waals surface area contributed by atoms with Crippen LogP contribution in [0.5, 0.6) is 11.5 Å². The van der Waals surface area contributed by atoms with Crippen molar-refractivity contribution in [1.29, 1.82) is 0 Å². The van der Waals surface area contributed by atoms with Crippen LogP contribution in [0.2, 0.25) is 0 Å². The summed E-state index contributed by atoms with van der Waals surface area (Å²) in [4.78, 5) is 4.53. The van der Waals surface area contributed by atoms with Crippen molar-refractivity contribution >= 4 is 34.1 Å². The summed E-state index contributed by atoms with van der Waals surface area (Å²) in [5.41, 5.74) is 11.3. The van der Waals surface area contributed by atoms with Gasteiger partial charge in [0.1, 0.15) is 11.5 Å². The van der Waals surface area contributed by atoms with Crippen LogP contribution in [0.25, 0.3) is 11.1 Å². The highest BCUT2D eigenvalue weighted by Gasteiger charge is 2.15. The number of benzene rings is 6. The highest BCUT2D eigenvalue weighted by Crippen LogP contribution is 2.38. The van der Waals surface area contributed by atoms with E-state index in [0.29, 0.717) is 0 Å². The van der Waals surface area contributed by atoms with Crippen molar-refractivity contribution in [3.63, 3.8) is 0 Å². The SMILES string of the molecule is COc1ccc(N(c2ccc(OC)cc2)c2ccc(-c3ccc(N(c4ccc(C)cc4)c4ccc(C)cc4)cc3)cc2)cc1. The van der Waals surface area contributed by atoms with Gasteiger partial charge in [-0.25, -0.2) is 0 Å². The van der Waals surface area contributed by atoms with Crippen LogP contribution in [0.15, 0.2) is 146 Å². The van der Waals surface area contributed by atoms with Crippen LogP contribution >= 0.6 is 0 Å². The molecule has 0 radical (unpaired) electrons. The van der Waals surface area contributed by atoms with E-state index in [2.05, 4.69) is 145 Å². The van der Waals surface area contributed by atoms with Gasteiger partial charge in [-0.2, -0.15) is 0 Å². The van der Waals surface area contributed by atoms with Crippen LogP contribution in [0, 0.1) is 13.8 Å². The summed E-state index contributed by atoms with van der Waals surface area (Å²) in [5, 5.41) is 0. The van der Waals surface area contributed by atoms with Gasteiger partial charge in [-0.05, 0) is 122 Å². The summed E-state index contributed by atoms with van der Waals surface area (Å²) >= 11 is 0. The fourth-order valence-corrected chi connectivity index (χ4v) is 5.35. The Morgan fingerprint density at radius 3 is 0.795 bits per heavy atom. The molecule has 0 atom stereocenters. The minimum absolute atomic E-state index is 0.825. The van der Waals surface area contributed by atoms with Crippen LogP contribution in [-0.2, 0) is 0 Å². The Bertz CT molecular complexity index is 1700. The summed E-state index contributed by atoms with van der Waals surface area (Å²) in [7, 11) is 3.37. The van der Waals surface area contributed by atoms with Gasteiger partial charge in [0.15, 0.2) is 0 Å². The Morgan fingerprint density at radius 1 is 0.318 bits per heavy atom. The van der Waals surface area contributed by atoms with E-state index in [9.17, 15) is 0 Å². The number of aryl methyl sites for hydroxylation is 2. The van der Waals surface area contributed by atoms with E-state index >= 15 is 0 Å². The molecule has 44 heavy (non-hydrogen) atoms. The van der Waals surface area contributed by atoms with Gasteiger partial charge < -0.3 is 19.3 Å². The molecule has 6 rings (SSSR count). The zero-order valence-electron chi connectivity index (χ0n) is 25.6. The first-order chi connectivity index (χ1) is 21.5. The molecule has 0 aromatic heterocycles. The zero-order valence-corrected chi connectivity index (χ0v) is 25.6. The molecule has 6 aromatic rings. The Morgan fingerprint density at radius 2 is 0.545 bits per heavy atom. The molecule has 0 fully saturated rings. The Labute approximate surface area is 260 Å². The van der Waals surface area contributed by atoms with E-state index in [4.69, 9.17) is 9.47 Å². The first kappa shape index (κ1) is 28.6. The number of anilines is 6. The lowest BCUT2D eigenvalue weighted by molar-refractivity contribution is 0.415. The quantitative estimate of drug-likeness (QED) is 0.171. The van der Waals surface area contributed by atoms with E-state index in [0.717, 1.165) is 56.8 Å². The summed E-state index contributed by atoms with van der Waals surface area (Å²) < 4.78 is 10.8. The molecule has 218 valence electrons. The molecule has 0 aliphatic heterocycles. The van der Waals surface area contributed by atoms with Crippen molar-refractivity contribution in [3.8, 4) is 22.6 Å². The molecule has 0 amide bonds. The molecule has 0 aliphatic rings. The smallest absolute Gasteiger partial charge is 0.119 e. The van der Waals surface area contributed by atoms with Crippen LogP contribution in [-0.4, -0.2) is 14.2 Å². The lowest BCUT2D eigenvalue weighted by atomic mass is 10.0.